The molecule has 1 rings (SSSR count). The topological polar surface area (TPSA) is 108 Å². The molecule has 1 aromatic rings. The third kappa shape index (κ3) is 7.61. The van der Waals surface area contributed by atoms with E-state index in [2.05, 4.69) is 5.32 Å². The Hall–Kier alpha value is -2.00. The summed E-state index contributed by atoms with van der Waals surface area (Å²) < 4.78 is 16.7. The minimum Gasteiger partial charge on any atom is -0.616 e. The number of alkyl carbamates (subject to hydrolysis) is 1. The Morgan fingerprint density at radius 2 is 2.04 bits per heavy atom. The molecule has 25 heavy (non-hydrogen) atoms. The molecule has 0 radical (unpaired) electrons. The lowest BCUT2D eigenvalue weighted by atomic mass is 10.1. The zero-order valence-electron chi connectivity index (χ0n) is 15.2. The number of carbonyl (C=O) groups excluding carboxylic acids is 1. The van der Waals surface area contributed by atoms with Gasteiger partial charge in [-0.15, -0.1) is 0 Å². The van der Waals surface area contributed by atoms with Crippen molar-refractivity contribution in [2.45, 2.75) is 32.1 Å². The first-order valence-electron chi connectivity index (χ1n) is 7.75. The number of rotatable bonds is 7. The van der Waals surface area contributed by atoms with E-state index in [9.17, 15) is 19.5 Å². The van der Waals surface area contributed by atoms with Crippen LogP contribution in [0.4, 0.5) is 16.2 Å². The SMILES string of the molecule is CN(CCNC(=O)OC(C)(C)C)c1ccc([N+](=O)[O-])cc1C[S+](C)[O-]. The van der Waals surface area contributed by atoms with E-state index >= 15 is 0 Å². The standard InChI is InChI=1S/C16H25N3O5S/c1-16(2,3)24-15(20)17-8-9-18(4)14-7-6-13(19(21)22)10-12(14)11-25(5)23/h6-7,10H,8-9,11H2,1-5H3,(H,17,20). The van der Waals surface area contributed by atoms with Gasteiger partial charge < -0.3 is 19.5 Å². The van der Waals surface area contributed by atoms with Crippen LogP contribution in [0.15, 0.2) is 18.2 Å². The maximum Gasteiger partial charge on any atom is 0.407 e. The molecule has 0 aliphatic carbocycles. The fourth-order valence-corrected chi connectivity index (χ4v) is 2.82. The summed E-state index contributed by atoms with van der Waals surface area (Å²) >= 11 is -1.13. The van der Waals surface area contributed by atoms with Crippen molar-refractivity contribution in [1.29, 1.82) is 0 Å². The highest BCUT2D eigenvalue weighted by atomic mass is 32.2. The second-order valence-electron chi connectivity index (χ2n) is 6.64. The molecule has 1 atom stereocenters. The number of nitrogens with one attached hydrogen (secondary N) is 1. The van der Waals surface area contributed by atoms with E-state index < -0.39 is 27.8 Å². The summed E-state index contributed by atoms with van der Waals surface area (Å²) in [5.41, 5.74) is 0.776. The molecule has 0 bridgehead atoms. The summed E-state index contributed by atoms with van der Waals surface area (Å²) in [5.74, 6) is 0.223. The first-order chi connectivity index (χ1) is 11.5. The smallest absolute Gasteiger partial charge is 0.407 e. The lowest BCUT2D eigenvalue weighted by Crippen LogP contribution is -2.37. The summed E-state index contributed by atoms with van der Waals surface area (Å²) in [4.78, 5) is 24.0. The van der Waals surface area contributed by atoms with Crippen LogP contribution in [0.3, 0.4) is 0 Å². The van der Waals surface area contributed by atoms with Gasteiger partial charge in [-0.1, -0.05) is 11.2 Å². The van der Waals surface area contributed by atoms with E-state index in [1.165, 1.54) is 12.1 Å². The highest BCUT2D eigenvalue weighted by Gasteiger charge is 2.18. The van der Waals surface area contributed by atoms with Gasteiger partial charge >= 0.3 is 6.09 Å². The quantitative estimate of drug-likeness (QED) is 0.448. The van der Waals surface area contributed by atoms with Gasteiger partial charge in [-0.25, -0.2) is 4.79 Å². The third-order valence-corrected chi connectivity index (χ3v) is 3.88. The van der Waals surface area contributed by atoms with Gasteiger partial charge in [-0.3, -0.25) is 10.1 Å². The molecule has 0 spiro atoms. The minimum absolute atomic E-state index is 0.0375. The molecule has 0 fully saturated rings. The third-order valence-electron chi connectivity index (χ3n) is 3.16. The van der Waals surface area contributed by atoms with Gasteiger partial charge in [0.05, 0.1) is 11.2 Å². The van der Waals surface area contributed by atoms with Gasteiger partial charge in [-0.2, -0.15) is 0 Å². The first-order valence-corrected chi connectivity index (χ1v) is 9.47. The van der Waals surface area contributed by atoms with E-state index in [-0.39, 0.29) is 11.4 Å². The Bertz CT molecular complexity index is 616. The van der Waals surface area contributed by atoms with E-state index in [0.29, 0.717) is 18.7 Å². The van der Waals surface area contributed by atoms with Crippen molar-refractivity contribution in [3.05, 3.63) is 33.9 Å². The Morgan fingerprint density at radius 3 is 2.56 bits per heavy atom. The molecule has 1 N–H and O–H groups in total. The number of hydrogen-bond acceptors (Lipinski definition) is 6. The predicted molar refractivity (Wildman–Crippen MR) is 98.4 cm³/mol. The summed E-state index contributed by atoms with van der Waals surface area (Å²) in [6.45, 7) is 6.17. The lowest BCUT2D eigenvalue weighted by molar-refractivity contribution is -0.384. The Morgan fingerprint density at radius 1 is 1.40 bits per heavy atom. The summed E-state index contributed by atoms with van der Waals surface area (Å²) in [6, 6.07) is 4.48. The molecule has 0 aliphatic heterocycles. The number of nitro benzene ring substituents is 1. The van der Waals surface area contributed by atoms with Gasteiger partial charge in [0.2, 0.25) is 0 Å². The Kier molecular flexibility index (Phi) is 7.50. The maximum absolute atomic E-state index is 11.6. The molecule has 1 aromatic carbocycles. The molecule has 1 amide bonds. The number of carbonyl (C=O) groups is 1. The average molecular weight is 371 g/mol. The van der Waals surface area contributed by atoms with Gasteiger partial charge in [0.15, 0.2) is 0 Å². The van der Waals surface area contributed by atoms with Crippen molar-refractivity contribution >= 4 is 28.6 Å². The monoisotopic (exact) mass is 371 g/mol. The van der Waals surface area contributed by atoms with Crippen molar-refractivity contribution in [3.8, 4) is 0 Å². The fraction of sp³-hybridized carbons (Fsp3) is 0.562. The molecule has 140 valence electrons. The second-order valence-corrected chi connectivity index (χ2v) is 8.07. The van der Waals surface area contributed by atoms with Crippen molar-refractivity contribution in [2.75, 3.05) is 31.3 Å². The molecule has 0 heterocycles. The van der Waals surface area contributed by atoms with Gasteiger partial charge in [-0.05, 0) is 26.8 Å². The molecule has 0 aromatic heterocycles. The predicted octanol–water partition coefficient (Wildman–Crippen LogP) is 2.43. The molecule has 9 heteroatoms. The van der Waals surface area contributed by atoms with Crippen LogP contribution in [0.25, 0.3) is 0 Å². The highest BCUT2D eigenvalue weighted by Crippen LogP contribution is 2.26. The number of nitro groups is 1. The highest BCUT2D eigenvalue weighted by molar-refractivity contribution is 7.89. The van der Waals surface area contributed by atoms with E-state index in [1.807, 2.05) is 4.90 Å². The Labute approximate surface area is 150 Å². The molecule has 1 unspecified atom stereocenters. The van der Waals surface area contributed by atoms with Crippen molar-refractivity contribution in [2.24, 2.45) is 0 Å². The van der Waals surface area contributed by atoms with E-state index in [4.69, 9.17) is 4.74 Å². The number of non-ortho nitro benzene ring substituents is 1. The number of amides is 1. The zero-order valence-corrected chi connectivity index (χ0v) is 16.0. The van der Waals surface area contributed by atoms with Crippen LogP contribution in [0.2, 0.25) is 0 Å². The zero-order chi connectivity index (χ0) is 19.2. The van der Waals surface area contributed by atoms with E-state index in [1.54, 1.807) is 40.1 Å². The van der Waals surface area contributed by atoms with Crippen LogP contribution in [0.5, 0.6) is 0 Å². The fourth-order valence-electron chi connectivity index (χ4n) is 2.15. The summed E-state index contributed by atoms with van der Waals surface area (Å²) in [7, 11) is 1.81. The number of likely N-dealkylation sites (N-methyl/N-ethyl adjacent to an activating group) is 1. The number of anilines is 1. The first kappa shape index (κ1) is 21.0. The summed E-state index contributed by atoms with van der Waals surface area (Å²) in [6.07, 6.45) is 1.05. The van der Waals surface area contributed by atoms with Crippen LogP contribution in [0.1, 0.15) is 26.3 Å². The van der Waals surface area contributed by atoms with Crippen LogP contribution in [-0.4, -0.2) is 47.6 Å². The van der Waals surface area contributed by atoms with E-state index in [0.717, 1.165) is 5.69 Å². The molecular formula is C16H25N3O5S. The van der Waals surface area contributed by atoms with Crippen molar-refractivity contribution in [1.82, 2.24) is 5.32 Å². The normalized spacial score (nSPS) is 12.4. The Balaban J connectivity index is 2.75. The number of ether oxygens (including phenoxy) is 1. The number of benzene rings is 1. The van der Waals surface area contributed by atoms with Crippen LogP contribution in [-0.2, 0) is 21.7 Å². The molecule has 0 saturated carbocycles. The van der Waals surface area contributed by atoms with Gasteiger partial charge in [0.25, 0.3) is 5.69 Å². The second kappa shape index (κ2) is 8.91. The largest absolute Gasteiger partial charge is 0.616 e. The maximum atomic E-state index is 11.6. The number of hydrogen-bond donors (Lipinski definition) is 1. The average Bonchev–Trinajstić information content (AvgIpc) is 2.44. The van der Waals surface area contributed by atoms with Crippen molar-refractivity contribution < 1.29 is 19.0 Å². The molecule has 8 nitrogen and oxygen atoms in total. The van der Waals surface area contributed by atoms with Crippen LogP contribution < -0.4 is 10.2 Å². The molecular weight excluding hydrogens is 346 g/mol. The van der Waals surface area contributed by atoms with Gasteiger partial charge in [0, 0.05) is 43.5 Å². The lowest BCUT2D eigenvalue weighted by Gasteiger charge is -2.23. The molecule has 0 aliphatic rings. The van der Waals surface area contributed by atoms with Crippen molar-refractivity contribution in [3.63, 3.8) is 0 Å². The van der Waals surface area contributed by atoms with Crippen LogP contribution >= 0.6 is 0 Å². The number of nitrogens with zero attached hydrogens (tertiary/aromatic N) is 2. The molecule has 0 saturated heterocycles. The van der Waals surface area contributed by atoms with Crippen LogP contribution in [0, 0.1) is 10.1 Å². The van der Waals surface area contributed by atoms with Gasteiger partial charge in [0.1, 0.15) is 11.4 Å². The minimum atomic E-state index is -1.13. The summed E-state index contributed by atoms with van der Waals surface area (Å²) in [5, 5.41) is 13.6.